The highest BCUT2D eigenvalue weighted by atomic mass is 32.2. The third kappa shape index (κ3) is 1.92. The first kappa shape index (κ1) is 12.0. The Morgan fingerprint density at radius 1 is 1.53 bits per heavy atom. The standard InChI is InChI=1S/C9H10F2N4OS/c1-17-8-13-5(7(12)15-16)4-2-3-9(10,11)6(4)14-8/h16H,2-3H2,1H3,(H2,12,15). The minimum Gasteiger partial charge on any atom is -0.409 e. The number of halogens is 2. The van der Waals surface area contributed by atoms with Crippen LogP contribution in [-0.4, -0.2) is 27.3 Å². The summed E-state index contributed by atoms with van der Waals surface area (Å²) in [5, 5.41) is 11.6. The zero-order valence-electron chi connectivity index (χ0n) is 8.94. The molecule has 0 radical (unpaired) electrons. The number of thioether (sulfide) groups is 1. The van der Waals surface area contributed by atoms with Gasteiger partial charge in [-0.1, -0.05) is 16.9 Å². The molecule has 0 atom stereocenters. The van der Waals surface area contributed by atoms with Crippen LogP contribution < -0.4 is 5.73 Å². The number of amidine groups is 1. The second-order valence-electron chi connectivity index (χ2n) is 3.58. The second-order valence-corrected chi connectivity index (χ2v) is 4.35. The average molecular weight is 260 g/mol. The van der Waals surface area contributed by atoms with Crippen molar-refractivity contribution in [2.45, 2.75) is 23.9 Å². The first-order valence-corrected chi connectivity index (χ1v) is 6.03. The summed E-state index contributed by atoms with van der Waals surface area (Å²) in [7, 11) is 0. The van der Waals surface area contributed by atoms with Gasteiger partial charge in [-0.15, -0.1) is 0 Å². The summed E-state index contributed by atoms with van der Waals surface area (Å²) in [6.45, 7) is 0. The second kappa shape index (κ2) is 4.10. The summed E-state index contributed by atoms with van der Waals surface area (Å²) in [5.41, 5.74) is 5.49. The maximum absolute atomic E-state index is 13.6. The molecule has 17 heavy (non-hydrogen) atoms. The summed E-state index contributed by atoms with van der Waals surface area (Å²) < 4.78 is 27.1. The number of hydrogen-bond donors (Lipinski definition) is 2. The lowest BCUT2D eigenvalue weighted by Gasteiger charge is -2.11. The van der Waals surface area contributed by atoms with Crippen molar-refractivity contribution in [3.05, 3.63) is 17.0 Å². The van der Waals surface area contributed by atoms with Crippen LogP contribution in [0.2, 0.25) is 0 Å². The van der Waals surface area contributed by atoms with Crippen LogP contribution >= 0.6 is 11.8 Å². The van der Waals surface area contributed by atoms with Gasteiger partial charge in [-0.3, -0.25) is 0 Å². The Morgan fingerprint density at radius 3 is 2.82 bits per heavy atom. The first-order valence-electron chi connectivity index (χ1n) is 4.80. The fourth-order valence-electron chi connectivity index (χ4n) is 1.75. The van der Waals surface area contributed by atoms with E-state index in [2.05, 4.69) is 15.1 Å². The van der Waals surface area contributed by atoms with Gasteiger partial charge in [-0.05, 0) is 12.7 Å². The summed E-state index contributed by atoms with van der Waals surface area (Å²) in [6, 6.07) is 0. The maximum Gasteiger partial charge on any atom is 0.290 e. The molecule has 0 saturated heterocycles. The van der Waals surface area contributed by atoms with E-state index in [1.165, 1.54) is 0 Å². The topological polar surface area (TPSA) is 84.4 Å². The van der Waals surface area contributed by atoms with Crippen molar-refractivity contribution < 1.29 is 14.0 Å². The molecule has 0 amide bonds. The van der Waals surface area contributed by atoms with E-state index in [4.69, 9.17) is 10.9 Å². The van der Waals surface area contributed by atoms with Crippen molar-refractivity contribution in [3.63, 3.8) is 0 Å². The molecule has 1 aromatic rings. The number of fused-ring (bicyclic) bond motifs is 1. The van der Waals surface area contributed by atoms with E-state index >= 15 is 0 Å². The molecule has 0 saturated carbocycles. The Morgan fingerprint density at radius 2 is 2.24 bits per heavy atom. The number of nitrogens with two attached hydrogens (primary N) is 1. The Hall–Kier alpha value is -1.44. The predicted molar refractivity (Wildman–Crippen MR) is 58.5 cm³/mol. The lowest BCUT2D eigenvalue weighted by molar-refractivity contribution is -0.00652. The van der Waals surface area contributed by atoms with Crippen LogP contribution in [0.5, 0.6) is 0 Å². The van der Waals surface area contributed by atoms with Crippen LogP contribution in [-0.2, 0) is 12.3 Å². The zero-order chi connectivity index (χ0) is 12.6. The number of rotatable bonds is 2. The van der Waals surface area contributed by atoms with Crippen molar-refractivity contribution in [2.75, 3.05) is 6.26 Å². The highest BCUT2D eigenvalue weighted by Crippen LogP contribution is 2.41. The fourth-order valence-corrected chi connectivity index (χ4v) is 2.12. The monoisotopic (exact) mass is 260 g/mol. The van der Waals surface area contributed by atoms with Crippen LogP contribution in [0.3, 0.4) is 0 Å². The molecule has 8 heteroatoms. The SMILES string of the molecule is CSc1nc(/C(N)=N/O)c2c(n1)C(F)(F)CC2. The van der Waals surface area contributed by atoms with E-state index < -0.39 is 5.92 Å². The lowest BCUT2D eigenvalue weighted by Crippen LogP contribution is -2.20. The van der Waals surface area contributed by atoms with Crippen LogP contribution in [0, 0.1) is 0 Å². The molecule has 0 aromatic carbocycles. The number of hydrogen-bond acceptors (Lipinski definition) is 5. The summed E-state index contributed by atoms with van der Waals surface area (Å²) in [6.07, 6.45) is 1.48. The molecule has 0 bridgehead atoms. The Balaban J connectivity index is 2.66. The molecule has 1 aliphatic carbocycles. The number of aromatic nitrogens is 2. The fraction of sp³-hybridized carbons (Fsp3) is 0.444. The van der Waals surface area contributed by atoms with E-state index in [1.54, 1.807) is 6.26 Å². The van der Waals surface area contributed by atoms with Gasteiger partial charge in [0.2, 0.25) is 0 Å². The number of nitrogens with zero attached hydrogens (tertiary/aromatic N) is 3. The quantitative estimate of drug-likeness (QED) is 0.209. The summed E-state index contributed by atoms with van der Waals surface area (Å²) in [4.78, 5) is 7.81. The first-order chi connectivity index (χ1) is 7.99. The number of alkyl halides is 2. The third-order valence-electron chi connectivity index (χ3n) is 2.55. The highest BCUT2D eigenvalue weighted by Gasteiger charge is 2.43. The molecule has 0 spiro atoms. The van der Waals surface area contributed by atoms with Gasteiger partial charge in [0.05, 0.1) is 0 Å². The summed E-state index contributed by atoms with van der Waals surface area (Å²) in [5.74, 6) is -3.23. The van der Waals surface area contributed by atoms with Gasteiger partial charge in [0.25, 0.3) is 5.92 Å². The van der Waals surface area contributed by atoms with Gasteiger partial charge in [0.15, 0.2) is 11.0 Å². The van der Waals surface area contributed by atoms with Gasteiger partial charge in [0, 0.05) is 12.0 Å². The Labute approximate surface area is 100 Å². The molecule has 3 N–H and O–H groups in total. The number of oxime groups is 1. The normalized spacial score (nSPS) is 18.2. The van der Waals surface area contributed by atoms with Crippen molar-refractivity contribution in [1.82, 2.24) is 9.97 Å². The molecule has 1 aromatic heterocycles. The van der Waals surface area contributed by atoms with Gasteiger partial charge < -0.3 is 10.9 Å². The van der Waals surface area contributed by atoms with Crippen molar-refractivity contribution in [1.29, 1.82) is 0 Å². The van der Waals surface area contributed by atoms with E-state index in [0.29, 0.717) is 0 Å². The van der Waals surface area contributed by atoms with Crippen LogP contribution in [0.15, 0.2) is 10.3 Å². The van der Waals surface area contributed by atoms with Crippen LogP contribution in [0.25, 0.3) is 0 Å². The van der Waals surface area contributed by atoms with Crippen molar-refractivity contribution >= 4 is 17.6 Å². The maximum atomic E-state index is 13.6. The van der Waals surface area contributed by atoms with E-state index in [9.17, 15) is 8.78 Å². The van der Waals surface area contributed by atoms with Crippen molar-refractivity contribution in [3.8, 4) is 0 Å². The molecule has 0 fully saturated rings. The molecular formula is C9H10F2N4OS. The lowest BCUT2D eigenvalue weighted by atomic mass is 10.1. The smallest absolute Gasteiger partial charge is 0.290 e. The predicted octanol–water partition coefficient (Wildman–Crippen LogP) is 1.33. The third-order valence-corrected chi connectivity index (χ3v) is 3.10. The molecule has 5 nitrogen and oxygen atoms in total. The highest BCUT2D eigenvalue weighted by molar-refractivity contribution is 7.98. The molecular weight excluding hydrogens is 250 g/mol. The Kier molecular flexibility index (Phi) is 2.90. The molecule has 2 rings (SSSR count). The van der Waals surface area contributed by atoms with Crippen LogP contribution in [0.1, 0.15) is 23.4 Å². The summed E-state index contributed by atoms with van der Waals surface area (Å²) >= 11 is 1.13. The molecule has 92 valence electrons. The van der Waals surface area contributed by atoms with Gasteiger partial charge in [0.1, 0.15) is 11.4 Å². The van der Waals surface area contributed by atoms with Gasteiger partial charge >= 0.3 is 0 Å². The molecule has 1 aliphatic rings. The largest absolute Gasteiger partial charge is 0.409 e. The van der Waals surface area contributed by atoms with Crippen molar-refractivity contribution in [2.24, 2.45) is 10.9 Å². The minimum atomic E-state index is -2.97. The minimum absolute atomic E-state index is 0.0963. The van der Waals surface area contributed by atoms with E-state index in [0.717, 1.165) is 11.8 Å². The van der Waals surface area contributed by atoms with Crippen LogP contribution in [0.4, 0.5) is 8.78 Å². The Bertz CT molecular complexity index is 492. The molecule has 0 aliphatic heterocycles. The van der Waals surface area contributed by atoms with E-state index in [1.807, 2.05) is 0 Å². The molecule has 1 heterocycles. The average Bonchev–Trinajstić information content (AvgIpc) is 2.63. The zero-order valence-corrected chi connectivity index (χ0v) is 9.76. The molecule has 0 unspecified atom stereocenters. The van der Waals surface area contributed by atoms with Gasteiger partial charge in [-0.25, -0.2) is 9.97 Å². The van der Waals surface area contributed by atoms with Gasteiger partial charge in [-0.2, -0.15) is 8.78 Å². The van der Waals surface area contributed by atoms with E-state index in [-0.39, 0.29) is 40.8 Å².